The molecule has 0 spiro atoms. The van der Waals surface area contributed by atoms with Crippen LogP contribution < -0.4 is 4.74 Å². The van der Waals surface area contributed by atoms with Crippen LogP contribution >= 0.6 is 22.6 Å². The van der Waals surface area contributed by atoms with Crippen molar-refractivity contribution in [2.45, 2.75) is 38.6 Å². The van der Waals surface area contributed by atoms with Gasteiger partial charge in [0.25, 0.3) is 0 Å². The summed E-state index contributed by atoms with van der Waals surface area (Å²) >= 11 is 2.24. The SMILES string of the molecule is CC(C/C=C/I)(COc1ccccc1)O[Si](C)(C)C. The lowest BCUT2D eigenvalue weighted by Gasteiger charge is -2.35. The van der Waals surface area contributed by atoms with Crippen molar-refractivity contribution in [3.63, 3.8) is 0 Å². The standard InChI is InChI=1S/C15H23IO2Si/c1-15(11-8-12-16,18-19(2,3)4)13-17-14-9-6-5-7-10-14/h5-10,12H,11,13H2,1-4H3/b12-8+. The summed E-state index contributed by atoms with van der Waals surface area (Å²) in [6.45, 7) is 9.33. The normalized spacial score (nSPS) is 15.4. The van der Waals surface area contributed by atoms with Gasteiger partial charge in [-0.25, -0.2) is 0 Å². The van der Waals surface area contributed by atoms with E-state index >= 15 is 0 Å². The first kappa shape index (κ1) is 16.7. The molecule has 4 heteroatoms. The molecule has 1 rings (SSSR count). The third-order valence-electron chi connectivity index (χ3n) is 2.48. The van der Waals surface area contributed by atoms with E-state index in [0.717, 1.165) is 12.2 Å². The van der Waals surface area contributed by atoms with Crippen molar-refractivity contribution in [2.75, 3.05) is 6.61 Å². The second kappa shape index (κ2) is 7.45. The maximum Gasteiger partial charge on any atom is 0.184 e. The van der Waals surface area contributed by atoms with Crippen molar-refractivity contribution in [2.24, 2.45) is 0 Å². The lowest BCUT2D eigenvalue weighted by molar-refractivity contribution is 0.0312. The Morgan fingerprint density at radius 3 is 2.37 bits per heavy atom. The van der Waals surface area contributed by atoms with E-state index in [4.69, 9.17) is 9.16 Å². The van der Waals surface area contributed by atoms with Crippen LogP contribution in [0.25, 0.3) is 0 Å². The largest absolute Gasteiger partial charge is 0.491 e. The van der Waals surface area contributed by atoms with E-state index < -0.39 is 8.32 Å². The summed E-state index contributed by atoms with van der Waals surface area (Å²) in [5.74, 6) is 0.895. The Morgan fingerprint density at radius 2 is 1.84 bits per heavy atom. The van der Waals surface area contributed by atoms with Crippen LogP contribution in [-0.2, 0) is 4.43 Å². The molecule has 0 bridgehead atoms. The molecule has 0 aliphatic carbocycles. The average molecular weight is 390 g/mol. The second-order valence-electron chi connectivity index (χ2n) is 5.83. The Kier molecular flexibility index (Phi) is 6.56. The van der Waals surface area contributed by atoms with Crippen molar-refractivity contribution in [1.29, 1.82) is 0 Å². The molecule has 0 aromatic heterocycles. The van der Waals surface area contributed by atoms with Crippen LogP contribution in [0.1, 0.15) is 13.3 Å². The highest BCUT2D eigenvalue weighted by atomic mass is 127. The van der Waals surface area contributed by atoms with E-state index in [0.29, 0.717) is 6.61 Å². The Hall–Kier alpha value is -0.333. The zero-order chi connectivity index (χ0) is 14.4. The maximum atomic E-state index is 6.31. The lowest BCUT2D eigenvalue weighted by Crippen LogP contribution is -2.44. The lowest BCUT2D eigenvalue weighted by atomic mass is 10.0. The third kappa shape index (κ3) is 7.13. The van der Waals surface area contributed by atoms with Crippen molar-refractivity contribution >= 4 is 30.9 Å². The van der Waals surface area contributed by atoms with Gasteiger partial charge in [0.15, 0.2) is 8.32 Å². The smallest absolute Gasteiger partial charge is 0.184 e. The van der Waals surface area contributed by atoms with Gasteiger partial charge in [-0.15, -0.1) is 0 Å². The van der Waals surface area contributed by atoms with Crippen molar-refractivity contribution in [3.8, 4) is 5.75 Å². The summed E-state index contributed by atoms with van der Waals surface area (Å²) < 4.78 is 14.2. The van der Waals surface area contributed by atoms with Gasteiger partial charge in [0.05, 0.1) is 5.60 Å². The van der Waals surface area contributed by atoms with E-state index in [-0.39, 0.29) is 5.60 Å². The Bertz CT molecular complexity index is 400. The average Bonchev–Trinajstić information content (AvgIpc) is 2.33. The molecular weight excluding hydrogens is 367 g/mol. The van der Waals surface area contributed by atoms with E-state index in [2.05, 4.69) is 55.2 Å². The minimum atomic E-state index is -1.60. The molecule has 0 N–H and O–H groups in total. The summed E-state index contributed by atoms with van der Waals surface area (Å²) in [6, 6.07) is 9.91. The molecule has 0 saturated carbocycles. The molecular formula is C15H23IO2Si. The fraction of sp³-hybridized carbons (Fsp3) is 0.467. The van der Waals surface area contributed by atoms with Gasteiger partial charge >= 0.3 is 0 Å². The van der Waals surface area contributed by atoms with Gasteiger partial charge in [0.1, 0.15) is 12.4 Å². The quantitative estimate of drug-likeness (QED) is 0.481. The number of para-hydroxylation sites is 1. The third-order valence-corrected chi connectivity index (χ3v) is 4.09. The molecule has 0 heterocycles. The highest BCUT2D eigenvalue weighted by Crippen LogP contribution is 2.24. The van der Waals surface area contributed by atoms with Crippen molar-refractivity contribution in [1.82, 2.24) is 0 Å². The van der Waals surface area contributed by atoms with Crippen LogP contribution in [0.3, 0.4) is 0 Å². The molecule has 0 aliphatic heterocycles. The first-order chi connectivity index (χ1) is 8.85. The summed E-state index contributed by atoms with van der Waals surface area (Å²) in [6.07, 6.45) is 3.00. The minimum absolute atomic E-state index is 0.262. The number of ether oxygens (including phenoxy) is 1. The summed E-state index contributed by atoms with van der Waals surface area (Å²) in [7, 11) is -1.60. The molecule has 106 valence electrons. The minimum Gasteiger partial charge on any atom is -0.491 e. The van der Waals surface area contributed by atoms with Gasteiger partial charge in [-0.05, 0) is 49.2 Å². The molecule has 0 radical (unpaired) electrons. The zero-order valence-electron chi connectivity index (χ0n) is 12.2. The second-order valence-corrected chi connectivity index (χ2v) is 11.0. The van der Waals surface area contributed by atoms with Crippen molar-refractivity contribution in [3.05, 3.63) is 40.5 Å². The molecule has 0 saturated heterocycles. The van der Waals surface area contributed by atoms with Crippen LogP contribution in [0.4, 0.5) is 0 Å². The maximum absolute atomic E-state index is 6.31. The summed E-state index contributed by atoms with van der Waals surface area (Å²) in [4.78, 5) is 0. The molecule has 0 aliphatic rings. The van der Waals surface area contributed by atoms with Gasteiger partial charge in [-0.3, -0.25) is 0 Å². The molecule has 0 amide bonds. The van der Waals surface area contributed by atoms with Crippen LogP contribution in [0.15, 0.2) is 40.5 Å². The van der Waals surface area contributed by atoms with Crippen LogP contribution in [0.2, 0.25) is 19.6 Å². The van der Waals surface area contributed by atoms with Gasteiger partial charge < -0.3 is 9.16 Å². The molecule has 2 nitrogen and oxygen atoms in total. The molecule has 0 fully saturated rings. The molecule has 19 heavy (non-hydrogen) atoms. The fourth-order valence-corrected chi connectivity index (χ4v) is 3.79. The monoisotopic (exact) mass is 390 g/mol. The Morgan fingerprint density at radius 1 is 1.21 bits per heavy atom. The number of hydrogen-bond acceptors (Lipinski definition) is 2. The Balaban J connectivity index is 2.68. The first-order valence-corrected chi connectivity index (χ1v) is 11.1. The molecule has 1 unspecified atom stereocenters. The molecule has 1 aromatic rings. The zero-order valence-corrected chi connectivity index (χ0v) is 15.3. The van der Waals surface area contributed by atoms with Crippen LogP contribution in [-0.4, -0.2) is 20.5 Å². The first-order valence-electron chi connectivity index (χ1n) is 6.48. The van der Waals surface area contributed by atoms with Gasteiger partial charge in [-0.2, -0.15) is 0 Å². The van der Waals surface area contributed by atoms with Crippen LogP contribution in [0, 0.1) is 0 Å². The predicted octanol–water partition coefficient (Wildman–Crippen LogP) is 5.01. The van der Waals surface area contributed by atoms with Crippen molar-refractivity contribution < 1.29 is 9.16 Å². The number of hydrogen-bond donors (Lipinski definition) is 0. The number of halogens is 1. The van der Waals surface area contributed by atoms with Gasteiger partial charge in [0.2, 0.25) is 0 Å². The molecule has 1 aromatic carbocycles. The summed E-state index contributed by atoms with van der Waals surface area (Å²) in [5, 5.41) is 0. The van der Waals surface area contributed by atoms with E-state index in [1.165, 1.54) is 0 Å². The topological polar surface area (TPSA) is 18.5 Å². The van der Waals surface area contributed by atoms with E-state index in [9.17, 15) is 0 Å². The van der Waals surface area contributed by atoms with Gasteiger partial charge in [-0.1, -0.05) is 46.9 Å². The summed E-state index contributed by atoms with van der Waals surface area (Å²) in [5.41, 5.74) is -0.262. The fourth-order valence-electron chi connectivity index (χ4n) is 1.92. The highest BCUT2D eigenvalue weighted by molar-refractivity contribution is 14.1. The highest BCUT2D eigenvalue weighted by Gasteiger charge is 2.31. The molecule has 1 atom stereocenters. The predicted molar refractivity (Wildman–Crippen MR) is 92.6 cm³/mol. The van der Waals surface area contributed by atoms with Crippen LogP contribution in [0.5, 0.6) is 5.75 Å². The number of benzene rings is 1. The van der Waals surface area contributed by atoms with E-state index in [1.807, 2.05) is 34.4 Å². The van der Waals surface area contributed by atoms with E-state index in [1.54, 1.807) is 0 Å². The number of rotatable bonds is 7. The van der Waals surface area contributed by atoms with Gasteiger partial charge in [0, 0.05) is 0 Å². The Labute approximate surface area is 131 Å².